The minimum absolute atomic E-state index is 0.998. The fourth-order valence-corrected chi connectivity index (χ4v) is 2.12. The Morgan fingerprint density at radius 1 is 1.08 bits per heavy atom. The molecule has 0 bridgehead atoms. The third kappa shape index (κ3) is 3.57. The molecule has 0 heterocycles. The van der Waals surface area contributed by atoms with E-state index in [1.54, 1.807) is 0 Å². The van der Waals surface area contributed by atoms with Crippen LogP contribution in [0.3, 0.4) is 0 Å². The highest BCUT2D eigenvalue weighted by atomic mass is 15.1. The number of rotatable bonds is 3. The van der Waals surface area contributed by atoms with E-state index in [1.165, 1.54) is 51.6 Å². The van der Waals surface area contributed by atoms with Gasteiger partial charge in [0.05, 0.1) is 0 Å². The third-order valence-corrected chi connectivity index (χ3v) is 3.08. The van der Waals surface area contributed by atoms with Crippen molar-refractivity contribution in [1.82, 2.24) is 4.90 Å². The molecule has 1 fully saturated rings. The van der Waals surface area contributed by atoms with Crippen molar-refractivity contribution in [2.75, 3.05) is 20.1 Å². The fourth-order valence-electron chi connectivity index (χ4n) is 2.12. The summed E-state index contributed by atoms with van der Waals surface area (Å²) in [7, 11) is 2.24. The van der Waals surface area contributed by atoms with Crippen molar-refractivity contribution in [1.29, 1.82) is 0 Å². The van der Waals surface area contributed by atoms with Crippen LogP contribution in [0.2, 0.25) is 0 Å². The lowest BCUT2D eigenvalue weighted by molar-refractivity contribution is 0.271. The first-order chi connectivity index (χ1) is 5.83. The molecule has 12 heavy (non-hydrogen) atoms. The van der Waals surface area contributed by atoms with Crippen molar-refractivity contribution in [2.45, 2.75) is 45.4 Å². The van der Waals surface area contributed by atoms with E-state index in [-0.39, 0.29) is 0 Å². The Kier molecular flexibility index (Phi) is 4.67. The molecule has 0 radical (unpaired) electrons. The van der Waals surface area contributed by atoms with E-state index in [2.05, 4.69) is 18.9 Å². The van der Waals surface area contributed by atoms with Crippen LogP contribution in [0.5, 0.6) is 0 Å². The van der Waals surface area contributed by atoms with Crippen molar-refractivity contribution >= 4 is 0 Å². The van der Waals surface area contributed by atoms with Gasteiger partial charge >= 0.3 is 0 Å². The molecule has 1 rings (SSSR count). The van der Waals surface area contributed by atoms with Gasteiger partial charge in [0.15, 0.2) is 0 Å². The Balaban J connectivity index is 2.20. The molecule has 1 aliphatic rings. The second kappa shape index (κ2) is 5.58. The van der Waals surface area contributed by atoms with Crippen LogP contribution in [0.15, 0.2) is 0 Å². The van der Waals surface area contributed by atoms with Crippen LogP contribution in [0.4, 0.5) is 0 Å². The van der Waals surface area contributed by atoms with Gasteiger partial charge in [0.1, 0.15) is 0 Å². The van der Waals surface area contributed by atoms with Crippen molar-refractivity contribution in [3.8, 4) is 0 Å². The lowest BCUT2D eigenvalue weighted by Gasteiger charge is -2.21. The van der Waals surface area contributed by atoms with Crippen LogP contribution in [0, 0.1) is 5.92 Å². The summed E-state index contributed by atoms with van der Waals surface area (Å²) in [6, 6.07) is 0. The molecule has 1 nitrogen and oxygen atoms in total. The molecule has 0 saturated heterocycles. The Morgan fingerprint density at radius 2 is 1.67 bits per heavy atom. The summed E-state index contributed by atoms with van der Waals surface area (Å²) in [5, 5.41) is 0. The van der Waals surface area contributed by atoms with Gasteiger partial charge in [0, 0.05) is 6.54 Å². The van der Waals surface area contributed by atoms with Gasteiger partial charge in [-0.3, -0.25) is 0 Å². The fraction of sp³-hybridized carbons (Fsp3) is 1.00. The van der Waals surface area contributed by atoms with E-state index in [0.29, 0.717) is 0 Å². The van der Waals surface area contributed by atoms with Crippen LogP contribution < -0.4 is 0 Å². The van der Waals surface area contributed by atoms with Crippen molar-refractivity contribution in [3.05, 3.63) is 0 Å². The summed E-state index contributed by atoms with van der Waals surface area (Å²) in [4.78, 5) is 2.45. The summed E-state index contributed by atoms with van der Waals surface area (Å²) < 4.78 is 0. The van der Waals surface area contributed by atoms with Gasteiger partial charge in [-0.1, -0.05) is 32.6 Å². The molecule has 72 valence electrons. The number of hydrogen-bond acceptors (Lipinski definition) is 1. The van der Waals surface area contributed by atoms with Crippen LogP contribution in [-0.2, 0) is 0 Å². The average Bonchev–Trinajstić information content (AvgIpc) is 2.33. The SMILES string of the molecule is CCN(C)CC1CCCCCC1. The molecule has 1 heteroatoms. The molecule has 0 aromatic heterocycles. The van der Waals surface area contributed by atoms with E-state index in [0.717, 1.165) is 5.92 Å². The van der Waals surface area contributed by atoms with Crippen LogP contribution >= 0.6 is 0 Å². The lowest BCUT2D eigenvalue weighted by Crippen LogP contribution is -2.25. The predicted octanol–water partition coefficient (Wildman–Crippen LogP) is 2.91. The highest BCUT2D eigenvalue weighted by Gasteiger charge is 2.12. The van der Waals surface area contributed by atoms with Crippen molar-refractivity contribution in [3.63, 3.8) is 0 Å². The molecule has 1 saturated carbocycles. The second-order valence-corrected chi connectivity index (χ2v) is 4.21. The molecule has 0 aromatic rings. The maximum absolute atomic E-state index is 2.45. The summed E-state index contributed by atoms with van der Waals surface area (Å²) in [6.45, 7) is 4.78. The standard InChI is InChI=1S/C11H23N/c1-3-12(2)10-11-8-6-4-5-7-9-11/h11H,3-10H2,1-2H3. The molecule has 0 spiro atoms. The zero-order valence-electron chi connectivity index (χ0n) is 8.68. The van der Waals surface area contributed by atoms with Gasteiger partial charge in [-0.25, -0.2) is 0 Å². The van der Waals surface area contributed by atoms with Gasteiger partial charge in [-0.2, -0.15) is 0 Å². The summed E-state index contributed by atoms with van der Waals surface area (Å²) in [5.74, 6) is 0.998. The van der Waals surface area contributed by atoms with Gasteiger partial charge in [-0.05, 0) is 32.4 Å². The predicted molar refractivity (Wildman–Crippen MR) is 54.4 cm³/mol. The Labute approximate surface area is 77.1 Å². The molecule has 1 aliphatic carbocycles. The number of hydrogen-bond donors (Lipinski definition) is 0. The monoisotopic (exact) mass is 169 g/mol. The minimum atomic E-state index is 0.998. The molecule has 0 amide bonds. The average molecular weight is 169 g/mol. The molecule has 0 unspecified atom stereocenters. The topological polar surface area (TPSA) is 3.24 Å². The van der Waals surface area contributed by atoms with E-state index in [4.69, 9.17) is 0 Å². The van der Waals surface area contributed by atoms with E-state index in [1.807, 2.05) is 0 Å². The van der Waals surface area contributed by atoms with Crippen LogP contribution in [-0.4, -0.2) is 25.0 Å². The first kappa shape index (κ1) is 10.0. The number of nitrogens with zero attached hydrogens (tertiary/aromatic N) is 1. The first-order valence-electron chi connectivity index (χ1n) is 5.51. The summed E-state index contributed by atoms with van der Waals surface area (Å²) in [6.07, 6.45) is 8.86. The molecule has 0 atom stereocenters. The Hall–Kier alpha value is -0.0400. The smallest absolute Gasteiger partial charge is 0.000649 e. The van der Waals surface area contributed by atoms with Crippen LogP contribution in [0.1, 0.15) is 45.4 Å². The highest BCUT2D eigenvalue weighted by molar-refractivity contribution is 4.67. The minimum Gasteiger partial charge on any atom is -0.306 e. The second-order valence-electron chi connectivity index (χ2n) is 4.21. The van der Waals surface area contributed by atoms with Gasteiger partial charge < -0.3 is 4.90 Å². The molecular weight excluding hydrogens is 146 g/mol. The maximum atomic E-state index is 2.45. The molecule has 0 aromatic carbocycles. The zero-order chi connectivity index (χ0) is 8.81. The quantitative estimate of drug-likeness (QED) is 0.587. The molecular formula is C11H23N. The van der Waals surface area contributed by atoms with Crippen molar-refractivity contribution in [2.24, 2.45) is 5.92 Å². The molecule has 0 N–H and O–H groups in total. The van der Waals surface area contributed by atoms with E-state index >= 15 is 0 Å². The molecule has 0 aliphatic heterocycles. The van der Waals surface area contributed by atoms with E-state index in [9.17, 15) is 0 Å². The summed E-state index contributed by atoms with van der Waals surface area (Å²) >= 11 is 0. The van der Waals surface area contributed by atoms with Crippen molar-refractivity contribution < 1.29 is 0 Å². The van der Waals surface area contributed by atoms with E-state index < -0.39 is 0 Å². The summed E-state index contributed by atoms with van der Waals surface area (Å²) in [5.41, 5.74) is 0. The Morgan fingerprint density at radius 3 is 2.17 bits per heavy atom. The maximum Gasteiger partial charge on any atom is 0.000649 e. The van der Waals surface area contributed by atoms with Gasteiger partial charge in [0.2, 0.25) is 0 Å². The zero-order valence-corrected chi connectivity index (χ0v) is 8.68. The van der Waals surface area contributed by atoms with Gasteiger partial charge in [-0.15, -0.1) is 0 Å². The largest absolute Gasteiger partial charge is 0.306 e. The normalized spacial score (nSPS) is 21.2. The lowest BCUT2D eigenvalue weighted by atomic mass is 10.00. The van der Waals surface area contributed by atoms with Gasteiger partial charge in [0.25, 0.3) is 0 Å². The highest BCUT2D eigenvalue weighted by Crippen LogP contribution is 2.23. The third-order valence-electron chi connectivity index (χ3n) is 3.08. The first-order valence-corrected chi connectivity index (χ1v) is 5.51. The Bertz CT molecular complexity index is 104. The van der Waals surface area contributed by atoms with Crippen LogP contribution in [0.25, 0.3) is 0 Å².